The first-order chi connectivity index (χ1) is 6.45. The van der Waals surface area contributed by atoms with Crippen LogP contribution in [0.1, 0.15) is 22.5 Å². The first kappa shape index (κ1) is 10.8. The summed E-state index contributed by atoms with van der Waals surface area (Å²) in [6.07, 6.45) is -2.52. The van der Waals surface area contributed by atoms with Gasteiger partial charge in [0.15, 0.2) is 5.82 Å². The van der Waals surface area contributed by atoms with Crippen LogP contribution in [0.15, 0.2) is 6.20 Å². The molecule has 2 N–H and O–H groups in total. The van der Waals surface area contributed by atoms with E-state index in [1.807, 2.05) is 0 Å². The minimum absolute atomic E-state index is 0.514. The summed E-state index contributed by atoms with van der Waals surface area (Å²) in [4.78, 5) is 13.7. The molecule has 0 radical (unpaired) electrons. The van der Waals surface area contributed by atoms with E-state index < -0.39 is 34.4 Å². The van der Waals surface area contributed by atoms with Crippen molar-refractivity contribution in [2.75, 3.05) is 5.73 Å². The molecule has 0 spiro atoms. The minimum atomic E-state index is -3.03. The standard InChI is InChI=1S/C7H4ClF3N2O/c8-6(14)3-4(12)2(9)1-13-5(3)7(10)11/h1,7H,(H2,12,13). The van der Waals surface area contributed by atoms with Crippen molar-refractivity contribution < 1.29 is 18.0 Å². The molecule has 7 heteroatoms. The predicted molar refractivity (Wildman–Crippen MR) is 43.7 cm³/mol. The largest absolute Gasteiger partial charge is 0.396 e. The highest BCUT2D eigenvalue weighted by Crippen LogP contribution is 2.27. The number of hydrogen-bond donors (Lipinski definition) is 1. The molecule has 14 heavy (non-hydrogen) atoms. The summed E-state index contributed by atoms with van der Waals surface area (Å²) in [5.74, 6) is -1.06. The van der Waals surface area contributed by atoms with Crippen molar-refractivity contribution in [1.29, 1.82) is 0 Å². The number of halogens is 4. The predicted octanol–water partition coefficient (Wildman–Crippen LogP) is 2.12. The fourth-order valence-corrected chi connectivity index (χ4v) is 1.09. The molecule has 1 rings (SSSR count). The van der Waals surface area contributed by atoms with Crippen LogP contribution in [0.5, 0.6) is 0 Å². The summed E-state index contributed by atoms with van der Waals surface area (Å²) >= 11 is 4.97. The van der Waals surface area contributed by atoms with Gasteiger partial charge in [-0.25, -0.2) is 13.2 Å². The smallest absolute Gasteiger partial charge is 0.281 e. The zero-order valence-electron chi connectivity index (χ0n) is 6.60. The number of rotatable bonds is 2. The van der Waals surface area contributed by atoms with Crippen molar-refractivity contribution in [2.45, 2.75) is 6.43 Å². The van der Waals surface area contributed by atoms with E-state index in [2.05, 4.69) is 4.98 Å². The van der Waals surface area contributed by atoms with Crippen LogP contribution in [0.2, 0.25) is 0 Å². The highest BCUT2D eigenvalue weighted by atomic mass is 35.5. The average Bonchev–Trinajstić information content (AvgIpc) is 2.08. The molecule has 76 valence electrons. The zero-order valence-corrected chi connectivity index (χ0v) is 7.36. The Hall–Kier alpha value is -1.30. The third kappa shape index (κ3) is 1.79. The van der Waals surface area contributed by atoms with Gasteiger partial charge >= 0.3 is 0 Å². The van der Waals surface area contributed by atoms with Crippen LogP contribution in [-0.4, -0.2) is 10.2 Å². The van der Waals surface area contributed by atoms with Crippen LogP contribution in [-0.2, 0) is 0 Å². The Morgan fingerprint density at radius 3 is 2.57 bits per heavy atom. The lowest BCUT2D eigenvalue weighted by Gasteiger charge is -2.07. The lowest BCUT2D eigenvalue weighted by atomic mass is 10.1. The number of carbonyl (C=O) groups is 1. The fourth-order valence-electron chi connectivity index (χ4n) is 0.890. The van der Waals surface area contributed by atoms with Gasteiger partial charge in [0.1, 0.15) is 5.69 Å². The molecular weight excluding hydrogens is 221 g/mol. The number of nitrogens with two attached hydrogens (primary N) is 1. The van der Waals surface area contributed by atoms with E-state index in [0.29, 0.717) is 6.20 Å². The van der Waals surface area contributed by atoms with E-state index >= 15 is 0 Å². The molecule has 0 unspecified atom stereocenters. The number of aromatic nitrogens is 1. The van der Waals surface area contributed by atoms with Gasteiger partial charge < -0.3 is 5.73 Å². The number of nitrogens with zero attached hydrogens (tertiary/aromatic N) is 1. The van der Waals surface area contributed by atoms with Crippen molar-refractivity contribution in [3.05, 3.63) is 23.3 Å². The summed E-state index contributed by atoms with van der Waals surface area (Å²) in [7, 11) is 0. The zero-order chi connectivity index (χ0) is 10.9. The fraction of sp³-hybridized carbons (Fsp3) is 0.143. The molecule has 0 fully saturated rings. The third-order valence-corrected chi connectivity index (χ3v) is 1.69. The summed E-state index contributed by atoms with van der Waals surface area (Å²) in [6.45, 7) is 0. The van der Waals surface area contributed by atoms with E-state index in [9.17, 15) is 18.0 Å². The normalized spacial score (nSPS) is 10.6. The number of carbonyl (C=O) groups excluding carboxylic acids is 1. The SMILES string of the molecule is Nc1c(F)cnc(C(F)F)c1C(=O)Cl. The van der Waals surface area contributed by atoms with Crippen LogP contribution < -0.4 is 5.73 Å². The van der Waals surface area contributed by atoms with E-state index in [0.717, 1.165) is 0 Å². The van der Waals surface area contributed by atoms with Gasteiger partial charge in [-0.2, -0.15) is 0 Å². The number of pyridine rings is 1. The molecule has 0 atom stereocenters. The molecule has 0 aliphatic rings. The van der Waals surface area contributed by atoms with Gasteiger partial charge in [-0.15, -0.1) is 0 Å². The van der Waals surface area contributed by atoms with Gasteiger partial charge in [0, 0.05) is 0 Å². The molecular formula is C7H4ClF3N2O. The third-order valence-electron chi connectivity index (χ3n) is 1.50. The van der Waals surface area contributed by atoms with Crippen LogP contribution >= 0.6 is 11.6 Å². The molecule has 0 amide bonds. The topological polar surface area (TPSA) is 56.0 Å². The molecule has 3 nitrogen and oxygen atoms in total. The van der Waals surface area contributed by atoms with Crippen LogP contribution in [0.4, 0.5) is 18.9 Å². The highest BCUT2D eigenvalue weighted by Gasteiger charge is 2.23. The van der Waals surface area contributed by atoms with Crippen LogP contribution in [0.3, 0.4) is 0 Å². The number of anilines is 1. The Morgan fingerprint density at radius 1 is 1.57 bits per heavy atom. The second kappa shape index (κ2) is 3.83. The summed E-state index contributed by atoms with van der Waals surface area (Å²) in [6, 6.07) is 0. The van der Waals surface area contributed by atoms with Crippen molar-refractivity contribution >= 4 is 22.5 Å². The maximum absolute atomic E-state index is 12.7. The van der Waals surface area contributed by atoms with Gasteiger partial charge in [0.2, 0.25) is 0 Å². The van der Waals surface area contributed by atoms with Gasteiger partial charge in [0.25, 0.3) is 11.7 Å². The second-order valence-corrected chi connectivity index (χ2v) is 2.70. The highest BCUT2D eigenvalue weighted by molar-refractivity contribution is 6.68. The Kier molecular flexibility index (Phi) is 2.95. The summed E-state index contributed by atoms with van der Waals surface area (Å²) in [5.41, 5.74) is 2.67. The molecule has 0 saturated heterocycles. The van der Waals surface area contributed by atoms with E-state index in [4.69, 9.17) is 17.3 Å². The molecule has 0 saturated carbocycles. The van der Waals surface area contributed by atoms with Gasteiger partial charge in [-0.05, 0) is 11.6 Å². The van der Waals surface area contributed by atoms with E-state index in [1.54, 1.807) is 0 Å². The Labute approximate surface area is 81.7 Å². The molecule has 1 aromatic heterocycles. The number of alkyl halides is 2. The van der Waals surface area contributed by atoms with Crippen molar-refractivity contribution in [3.63, 3.8) is 0 Å². The van der Waals surface area contributed by atoms with Gasteiger partial charge in [0.05, 0.1) is 17.4 Å². The molecule has 0 aromatic carbocycles. The average molecular weight is 225 g/mol. The first-order valence-electron chi connectivity index (χ1n) is 3.37. The monoisotopic (exact) mass is 224 g/mol. The summed E-state index contributed by atoms with van der Waals surface area (Å²) in [5, 5.41) is -1.26. The van der Waals surface area contributed by atoms with Crippen LogP contribution in [0, 0.1) is 5.82 Å². The first-order valence-corrected chi connectivity index (χ1v) is 3.74. The minimum Gasteiger partial charge on any atom is -0.396 e. The Bertz CT molecular complexity index is 383. The second-order valence-electron chi connectivity index (χ2n) is 2.35. The Balaban J connectivity index is 3.45. The maximum atomic E-state index is 12.7. The molecule has 1 heterocycles. The van der Waals surface area contributed by atoms with E-state index in [1.165, 1.54) is 0 Å². The molecule has 0 aliphatic heterocycles. The number of hydrogen-bond acceptors (Lipinski definition) is 3. The van der Waals surface area contributed by atoms with Gasteiger partial charge in [-0.3, -0.25) is 9.78 Å². The van der Waals surface area contributed by atoms with Gasteiger partial charge in [-0.1, -0.05) is 0 Å². The Morgan fingerprint density at radius 2 is 2.14 bits per heavy atom. The lowest BCUT2D eigenvalue weighted by Crippen LogP contribution is -2.08. The maximum Gasteiger partial charge on any atom is 0.281 e. The van der Waals surface area contributed by atoms with Crippen molar-refractivity contribution in [1.82, 2.24) is 4.98 Å². The molecule has 0 aliphatic carbocycles. The van der Waals surface area contributed by atoms with Crippen molar-refractivity contribution in [2.24, 2.45) is 0 Å². The number of nitrogen functional groups attached to an aromatic ring is 1. The van der Waals surface area contributed by atoms with Crippen molar-refractivity contribution in [3.8, 4) is 0 Å². The van der Waals surface area contributed by atoms with Crippen LogP contribution in [0.25, 0.3) is 0 Å². The molecule has 0 bridgehead atoms. The van der Waals surface area contributed by atoms with E-state index in [-0.39, 0.29) is 0 Å². The quantitative estimate of drug-likeness (QED) is 0.783. The lowest BCUT2D eigenvalue weighted by molar-refractivity contribution is 0.106. The summed E-state index contributed by atoms with van der Waals surface area (Å²) < 4.78 is 37.2. The molecule has 1 aromatic rings.